The molecule has 1 N–H and O–H groups in total. The van der Waals surface area contributed by atoms with E-state index in [0.29, 0.717) is 16.7 Å². The Labute approximate surface area is 167 Å². The molecule has 0 saturated heterocycles. The Hall–Kier alpha value is -2.32. The van der Waals surface area contributed by atoms with Crippen LogP contribution in [-0.4, -0.2) is 26.9 Å². The quantitative estimate of drug-likeness (QED) is 0.448. The zero-order valence-corrected chi connectivity index (χ0v) is 17.0. The van der Waals surface area contributed by atoms with Crippen molar-refractivity contribution in [2.75, 3.05) is 0 Å². The predicted octanol–water partition coefficient (Wildman–Crippen LogP) is 3.92. The molecule has 0 bridgehead atoms. The topological polar surface area (TPSA) is 72.2 Å². The predicted molar refractivity (Wildman–Crippen MR) is 107 cm³/mol. The van der Waals surface area contributed by atoms with E-state index in [1.165, 1.54) is 6.21 Å². The molecule has 0 aliphatic carbocycles. The smallest absolute Gasteiger partial charge is 0.266 e. The fraction of sp³-hybridized carbons (Fsp3) is 0.111. The van der Waals surface area contributed by atoms with Gasteiger partial charge in [0.15, 0.2) is 5.69 Å². The normalized spacial score (nSPS) is 11.0. The maximum Gasteiger partial charge on any atom is 0.293 e. The van der Waals surface area contributed by atoms with Crippen molar-refractivity contribution in [2.45, 2.75) is 13.5 Å². The summed E-state index contributed by atoms with van der Waals surface area (Å²) < 4.78 is 3.33. The van der Waals surface area contributed by atoms with Gasteiger partial charge >= 0.3 is 0 Å². The number of aromatic nitrogens is 3. The second kappa shape index (κ2) is 8.37. The summed E-state index contributed by atoms with van der Waals surface area (Å²) in [5.74, 6) is -0.393. The molecular formula is C18H15Br2N5O. The van der Waals surface area contributed by atoms with Crippen molar-refractivity contribution < 1.29 is 4.79 Å². The number of nitrogens with one attached hydrogen (secondary N) is 1. The first-order chi connectivity index (χ1) is 12.5. The summed E-state index contributed by atoms with van der Waals surface area (Å²) in [5, 5.41) is 8.26. The largest absolute Gasteiger partial charge is 0.293 e. The minimum absolute atomic E-state index is 0.275. The van der Waals surface area contributed by atoms with Crippen molar-refractivity contribution in [3.8, 4) is 0 Å². The van der Waals surface area contributed by atoms with E-state index in [-0.39, 0.29) is 5.69 Å². The van der Waals surface area contributed by atoms with Gasteiger partial charge in [-0.05, 0) is 52.7 Å². The standard InChI is InChI=1S/C18H15Br2N5O/c1-12-3-2-4-15(22-12)9-21-23-18(26)17-16(20)11-25(24-17)10-13-5-7-14(19)8-6-13/h2-9,11H,10H2,1H3,(H,23,26)/b21-9-. The molecule has 0 fully saturated rings. The van der Waals surface area contributed by atoms with Gasteiger partial charge in [0.1, 0.15) is 0 Å². The van der Waals surface area contributed by atoms with Gasteiger partial charge in [-0.3, -0.25) is 14.5 Å². The van der Waals surface area contributed by atoms with Gasteiger partial charge in [-0.2, -0.15) is 10.2 Å². The fourth-order valence-corrected chi connectivity index (χ4v) is 3.01. The third-order valence-corrected chi connectivity index (χ3v) is 4.57. The molecule has 26 heavy (non-hydrogen) atoms. The second-order valence-corrected chi connectivity index (χ2v) is 7.32. The fourth-order valence-electron chi connectivity index (χ4n) is 2.25. The molecule has 3 aromatic rings. The molecule has 0 unspecified atom stereocenters. The molecule has 0 spiro atoms. The first-order valence-corrected chi connectivity index (χ1v) is 9.34. The van der Waals surface area contributed by atoms with Crippen LogP contribution in [0, 0.1) is 6.92 Å². The van der Waals surface area contributed by atoms with Gasteiger partial charge in [0.05, 0.1) is 22.9 Å². The summed E-state index contributed by atoms with van der Waals surface area (Å²) in [5.41, 5.74) is 5.38. The molecular weight excluding hydrogens is 462 g/mol. The molecule has 6 nitrogen and oxygen atoms in total. The molecule has 2 aromatic heterocycles. The number of rotatable bonds is 5. The zero-order valence-electron chi connectivity index (χ0n) is 13.9. The highest BCUT2D eigenvalue weighted by molar-refractivity contribution is 9.10. The molecule has 0 aliphatic rings. The Bertz CT molecular complexity index is 950. The van der Waals surface area contributed by atoms with Crippen LogP contribution in [0.5, 0.6) is 0 Å². The summed E-state index contributed by atoms with van der Waals surface area (Å²) in [7, 11) is 0. The molecule has 1 amide bonds. The van der Waals surface area contributed by atoms with Crippen molar-refractivity contribution in [1.29, 1.82) is 0 Å². The van der Waals surface area contributed by atoms with Crippen LogP contribution in [0.2, 0.25) is 0 Å². The van der Waals surface area contributed by atoms with Crippen molar-refractivity contribution >= 4 is 44.0 Å². The van der Waals surface area contributed by atoms with E-state index in [9.17, 15) is 4.79 Å². The molecule has 1 aromatic carbocycles. The van der Waals surface area contributed by atoms with E-state index in [2.05, 4.69) is 52.5 Å². The summed E-state index contributed by atoms with van der Waals surface area (Å²) in [6.45, 7) is 2.46. The Morgan fingerprint density at radius 1 is 1.23 bits per heavy atom. The SMILES string of the molecule is Cc1cccc(/C=N\NC(=O)c2nn(Cc3ccc(Br)cc3)cc2Br)n1. The number of pyridine rings is 1. The Morgan fingerprint density at radius 3 is 2.73 bits per heavy atom. The lowest BCUT2D eigenvalue weighted by Gasteiger charge is -2.02. The summed E-state index contributed by atoms with van der Waals surface area (Å²) >= 11 is 6.78. The second-order valence-electron chi connectivity index (χ2n) is 5.55. The van der Waals surface area contributed by atoms with Crippen molar-refractivity contribution in [1.82, 2.24) is 20.2 Å². The van der Waals surface area contributed by atoms with Crippen LogP contribution in [0.25, 0.3) is 0 Å². The van der Waals surface area contributed by atoms with Crippen molar-refractivity contribution in [3.63, 3.8) is 0 Å². The Kier molecular flexibility index (Phi) is 5.95. The first-order valence-electron chi connectivity index (χ1n) is 7.76. The van der Waals surface area contributed by atoms with Gasteiger partial charge < -0.3 is 0 Å². The highest BCUT2D eigenvalue weighted by atomic mass is 79.9. The van der Waals surface area contributed by atoms with E-state index in [0.717, 1.165) is 15.7 Å². The third-order valence-electron chi connectivity index (χ3n) is 3.46. The van der Waals surface area contributed by atoms with E-state index in [4.69, 9.17) is 0 Å². The minimum Gasteiger partial charge on any atom is -0.266 e. The third kappa shape index (κ3) is 4.86. The molecule has 0 saturated carbocycles. The van der Waals surface area contributed by atoms with Gasteiger partial charge in [0.25, 0.3) is 5.91 Å². The number of benzene rings is 1. The number of hydrogen-bond donors (Lipinski definition) is 1. The number of amides is 1. The van der Waals surface area contributed by atoms with E-state index < -0.39 is 5.91 Å². The van der Waals surface area contributed by atoms with Gasteiger partial charge in [-0.25, -0.2) is 5.43 Å². The highest BCUT2D eigenvalue weighted by Gasteiger charge is 2.14. The average molecular weight is 477 g/mol. The molecule has 0 radical (unpaired) electrons. The van der Waals surface area contributed by atoms with E-state index >= 15 is 0 Å². The number of carbonyl (C=O) groups is 1. The van der Waals surface area contributed by atoms with Crippen LogP contribution in [0.3, 0.4) is 0 Å². The van der Waals surface area contributed by atoms with Crippen molar-refractivity contribution in [3.05, 3.63) is 80.3 Å². The van der Waals surface area contributed by atoms with E-state index in [1.54, 1.807) is 10.9 Å². The molecule has 2 heterocycles. The Balaban J connectivity index is 1.66. The summed E-state index contributed by atoms with van der Waals surface area (Å²) in [6, 6.07) is 13.5. The van der Waals surface area contributed by atoms with Crippen LogP contribution in [-0.2, 0) is 6.54 Å². The van der Waals surface area contributed by atoms with Crippen molar-refractivity contribution in [2.24, 2.45) is 5.10 Å². The summed E-state index contributed by atoms with van der Waals surface area (Å²) in [4.78, 5) is 16.6. The lowest BCUT2D eigenvalue weighted by atomic mass is 10.2. The number of hydrazone groups is 1. The number of aryl methyl sites for hydroxylation is 1. The van der Waals surface area contributed by atoms with Gasteiger partial charge in [-0.15, -0.1) is 0 Å². The maximum atomic E-state index is 12.3. The van der Waals surface area contributed by atoms with Crippen LogP contribution < -0.4 is 5.43 Å². The molecule has 3 rings (SSSR count). The van der Waals surface area contributed by atoms with Crippen LogP contribution in [0.1, 0.15) is 27.4 Å². The number of halogens is 2. The molecule has 0 atom stereocenters. The maximum absolute atomic E-state index is 12.3. The van der Waals surface area contributed by atoms with Gasteiger partial charge in [0.2, 0.25) is 0 Å². The monoisotopic (exact) mass is 475 g/mol. The number of nitrogens with zero attached hydrogens (tertiary/aromatic N) is 4. The van der Waals surface area contributed by atoms with Gasteiger partial charge in [0, 0.05) is 16.4 Å². The molecule has 132 valence electrons. The van der Waals surface area contributed by atoms with Crippen LogP contribution in [0.4, 0.5) is 0 Å². The number of hydrogen-bond acceptors (Lipinski definition) is 4. The lowest BCUT2D eigenvalue weighted by molar-refractivity contribution is 0.0948. The van der Waals surface area contributed by atoms with Crippen LogP contribution >= 0.6 is 31.9 Å². The molecule has 0 aliphatic heterocycles. The average Bonchev–Trinajstić information content (AvgIpc) is 2.97. The number of carbonyl (C=O) groups excluding carboxylic acids is 1. The van der Waals surface area contributed by atoms with Gasteiger partial charge in [-0.1, -0.05) is 34.1 Å². The zero-order chi connectivity index (χ0) is 18.5. The summed E-state index contributed by atoms with van der Waals surface area (Å²) in [6.07, 6.45) is 3.26. The first kappa shape index (κ1) is 18.5. The lowest BCUT2D eigenvalue weighted by Crippen LogP contribution is -2.19. The van der Waals surface area contributed by atoms with E-state index in [1.807, 2.05) is 49.4 Å². The highest BCUT2D eigenvalue weighted by Crippen LogP contribution is 2.17. The van der Waals surface area contributed by atoms with Crippen LogP contribution in [0.15, 0.2) is 62.7 Å². The Morgan fingerprint density at radius 2 is 2.00 bits per heavy atom. The minimum atomic E-state index is -0.393. The molecule has 8 heteroatoms.